The summed E-state index contributed by atoms with van der Waals surface area (Å²) in [6.07, 6.45) is 5.97. The maximum Gasteiger partial charge on any atom is 0.267 e. The van der Waals surface area contributed by atoms with Crippen LogP contribution in [0, 0.1) is 5.92 Å². The van der Waals surface area contributed by atoms with Crippen LogP contribution in [0.5, 0.6) is 5.75 Å². The molecule has 1 aliphatic heterocycles. The molecule has 1 saturated heterocycles. The van der Waals surface area contributed by atoms with E-state index in [1.54, 1.807) is 35.0 Å². The molecule has 2 heterocycles. The summed E-state index contributed by atoms with van der Waals surface area (Å²) in [6.45, 7) is 2.01. The van der Waals surface area contributed by atoms with Crippen molar-refractivity contribution in [3.63, 3.8) is 0 Å². The SMILES string of the molecule is O=C(COc1cccc(Cl)c1)N1CCC(Cn2nc3c(cc2=O)CCCC3)CC1. The van der Waals surface area contributed by atoms with Gasteiger partial charge < -0.3 is 9.64 Å². The Hall–Kier alpha value is -2.34. The van der Waals surface area contributed by atoms with Gasteiger partial charge >= 0.3 is 0 Å². The second kappa shape index (κ2) is 8.99. The lowest BCUT2D eigenvalue weighted by Gasteiger charge is -2.32. The Morgan fingerprint density at radius 1 is 1.17 bits per heavy atom. The predicted octanol–water partition coefficient (Wildman–Crippen LogP) is 3.09. The van der Waals surface area contributed by atoms with Gasteiger partial charge in [-0.15, -0.1) is 0 Å². The summed E-state index contributed by atoms with van der Waals surface area (Å²) < 4.78 is 7.20. The first-order valence-corrected chi connectivity index (χ1v) is 10.7. The van der Waals surface area contributed by atoms with Gasteiger partial charge in [0.25, 0.3) is 11.5 Å². The first-order valence-electron chi connectivity index (χ1n) is 10.3. The summed E-state index contributed by atoms with van der Waals surface area (Å²) in [5, 5.41) is 5.21. The lowest BCUT2D eigenvalue weighted by Crippen LogP contribution is -2.42. The molecule has 1 amide bonds. The summed E-state index contributed by atoms with van der Waals surface area (Å²) in [5.74, 6) is 0.936. The second-order valence-corrected chi connectivity index (χ2v) is 8.35. The van der Waals surface area contributed by atoms with Crippen LogP contribution in [0.1, 0.15) is 36.9 Å². The third-order valence-electron chi connectivity index (χ3n) is 5.83. The molecule has 0 unspecified atom stereocenters. The third kappa shape index (κ3) is 4.99. The van der Waals surface area contributed by atoms with Crippen molar-refractivity contribution in [3.05, 3.63) is 57.0 Å². The number of carbonyl (C=O) groups is 1. The van der Waals surface area contributed by atoms with E-state index in [0.717, 1.165) is 49.8 Å². The normalized spacial score (nSPS) is 17.1. The number of rotatable bonds is 5. The average molecular weight is 416 g/mol. The number of amides is 1. The largest absolute Gasteiger partial charge is 0.484 e. The quantitative estimate of drug-likeness (QED) is 0.752. The number of aromatic nitrogens is 2. The van der Waals surface area contributed by atoms with E-state index in [9.17, 15) is 9.59 Å². The lowest BCUT2D eigenvalue weighted by atomic mass is 9.96. The number of carbonyl (C=O) groups excluding carboxylic acids is 1. The molecule has 29 heavy (non-hydrogen) atoms. The zero-order chi connectivity index (χ0) is 20.2. The van der Waals surface area contributed by atoms with Crippen LogP contribution < -0.4 is 10.3 Å². The molecule has 7 heteroatoms. The van der Waals surface area contributed by atoms with E-state index in [4.69, 9.17) is 16.3 Å². The lowest BCUT2D eigenvalue weighted by molar-refractivity contribution is -0.134. The average Bonchev–Trinajstić information content (AvgIpc) is 2.73. The van der Waals surface area contributed by atoms with Crippen LogP contribution in [0.3, 0.4) is 0 Å². The Balaban J connectivity index is 1.28. The van der Waals surface area contributed by atoms with E-state index >= 15 is 0 Å². The van der Waals surface area contributed by atoms with E-state index in [1.807, 2.05) is 4.90 Å². The molecule has 0 radical (unpaired) electrons. The molecule has 0 N–H and O–H groups in total. The number of piperidine rings is 1. The van der Waals surface area contributed by atoms with Crippen LogP contribution in [0.15, 0.2) is 35.1 Å². The Morgan fingerprint density at radius 2 is 1.97 bits per heavy atom. The summed E-state index contributed by atoms with van der Waals surface area (Å²) in [5.41, 5.74) is 2.21. The van der Waals surface area contributed by atoms with Crippen LogP contribution in [0.2, 0.25) is 5.02 Å². The fourth-order valence-electron chi connectivity index (χ4n) is 4.13. The molecule has 0 saturated carbocycles. The molecule has 2 aliphatic rings. The van der Waals surface area contributed by atoms with Crippen LogP contribution in [0.4, 0.5) is 0 Å². The van der Waals surface area contributed by atoms with Crippen LogP contribution in [-0.2, 0) is 24.2 Å². The number of nitrogens with zero attached hydrogens (tertiary/aromatic N) is 3. The van der Waals surface area contributed by atoms with Gasteiger partial charge in [-0.1, -0.05) is 17.7 Å². The van der Waals surface area contributed by atoms with Crippen molar-refractivity contribution in [2.45, 2.75) is 45.1 Å². The van der Waals surface area contributed by atoms with Gasteiger partial charge in [0, 0.05) is 30.7 Å². The predicted molar refractivity (Wildman–Crippen MR) is 111 cm³/mol. The molecule has 1 fully saturated rings. The van der Waals surface area contributed by atoms with E-state index in [-0.39, 0.29) is 18.1 Å². The van der Waals surface area contributed by atoms with Gasteiger partial charge in [-0.3, -0.25) is 9.59 Å². The van der Waals surface area contributed by atoms with Crippen LogP contribution in [-0.4, -0.2) is 40.3 Å². The van der Waals surface area contributed by atoms with Gasteiger partial charge in [-0.05, 0) is 68.2 Å². The molecule has 0 bridgehead atoms. The number of benzene rings is 1. The fourth-order valence-corrected chi connectivity index (χ4v) is 4.31. The molecule has 154 valence electrons. The highest BCUT2D eigenvalue weighted by Crippen LogP contribution is 2.21. The molecule has 2 aromatic rings. The maximum absolute atomic E-state index is 12.4. The molecule has 1 aliphatic carbocycles. The van der Waals surface area contributed by atoms with Gasteiger partial charge in [0.2, 0.25) is 0 Å². The molecular weight excluding hydrogens is 390 g/mol. The van der Waals surface area contributed by atoms with Crippen molar-refractivity contribution < 1.29 is 9.53 Å². The van der Waals surface area contributed by atoms with E-state index in [0.29, 0.717) is 36.3 Å². The highest BCUT2D eigenvalue weighted by molar-refractivity contribution is 6.30. The van der Waals surface area contributed by atoms with Crippen molar-refractivity contribution in [1.29, 1.82) is 0 Å². The summed E-state index contributed by atoms with van der Waals surface area (Å²) in [4.78, 5) is 26.7. The van der Waals surface area contributed by atoms with Crippen molar-refractivity contribution in [2.75, 3.05) is 19.7 Å². The molecule has 6 nitrogen and oxygen atoms in total. The summed E-state index contributed by atoms with van der Waals surface area (Å²) in [6, 6.07) is 8.82. The van der Waals surface area contributed by atoms with Gasteiger partial charge in [-0.25, -0.2) is 4.68 Å². The Morgan fingerprint density at radius 3 is 2.76 bits per heavy atom. The zero-order valence-electron chi connectivity index (χ0n) is 16.5. The van der Waals surface area contributed by atoms with Crippen LogP contribution in [0.25, 0.3) is 0 Å². The standard InChI is InChI=1S/C22H26ClN3O3/c23-18-5-3-6-19(13-18)29-15-22(28)25-10-8-16(9-11-25)14-26-21(27)12-17-4-1-2-7-20(17)24-26/h3,5-6,12-13,16H,1-2,4,7-11,14-15H2. The smallest absolute Gasteiger partial charge is 0.267 e. The van der Waals surface area contributed by atoms with Crippen molar-refractivity contribution >= 4 is 17.5 Å². The van der Waals surface area contributed by atoms with Crippen molar-refractivity contribution in [2.24, 2.45) is 5.92 Å². The highest BCUT2D eigenvalue weighted by Gasteiger charge is 2.24. The first kappa shape index (κ1) is 20.0. The molecule has 0 atom stereocenters. The Bertz CT molecular complexity index is 935. The Kier molecular flexibility index (Phi) is 6.19. The van der Waals surface area contributed by atoms with E-state index < -0.39 is 0 Å². The van der Waals surface area contributed by atoms with Crippen molar-refractivity contribution in [1.82, 2.24) is 14.7 Å². The molecule has 1 aromatic heterocycles. The van der Waals surface area contributed by atoms with E-state index in [2.05, 4.69) is 5.10 Å². The Labute approximate surface area is 175 Å². The molecule has 4 rings (SSSR count). The minimum atomic E-state index is -0.0208. The number of hydrogen-bond donors (Lipinski definition) is 0. The molecule has 1 aromatic carbocycles. The fraction of sp³-hybridized carbons (Fsp3) is 0.500. The van der Waals surface area contributed by atoms with Gasteiger partial charge in [0.05, 0.1) is 5.69 Å². The minimum absolute atomic E-state index is 0.000854. The van der Waals surface area contributed by atoms with Crippen molar-refractivity contribution in [3.8, 4) is 5.75 Å². The zero-order valence-corrected chi connectivity index (χ0v) is 17.2. The number of aryl methyl sites for hydroxylation is 2. The van der Waals surface area contributed by atoms with Gasteiger partial charge in [-0.2, -0.15) is 5.10 Å². The number of hydrogen-bond acceptors (Lipinski definition) is 4. The van der Waals surface area contributed by atoms with Gasteiger partial charge in [0.1, 0.15) is 5.75 Å². The third-order valence-corrected chi connectivity index (χ3v) is 6.07. The summed E-state index contributed by atoms with van der Waals surface area (Å²) >= 11 is 5.94. The number of fused-ring (bicyclic) bond motifs is 1. The van der Waals surface area contributed by atoms with Gasteiger partial charge in [0.15, 0.2) is 6.61 Å². The topological polar surface area (TPSA) is 64.4 Å². The van der Waals surface area contributed by atoms with Crippen LogP contribution >= 0.6 is 11.6 Å². The number of ether oxygens (including phenoxy) is 1. The van der Waals surface area contributed by atoms with E-state index in [1.165, 1.54) is 0 Å². The second-order valence-electron chi connectivity index (χ2n) is 7.91. The number of halogens is 1. The molecule has 0 spiro atoms. The maximum atomic E-state index is 12.4. The number of likely N-dealkylation sites (tertiary alicyclic amines) is 1. The summed E-state index contributed by atoms with van der Waals surface area (Å²) in [7, 11) is 0. The minimum Gasteiger partial charge on any atom is -0.484 e. The highest BCUT2D eigenvalue weighted by atomic mass is 35.5. The monoisotopic (exact) mass is 415 g/mol. The molecular formula is C22H26ClN3O3. The first-order chi connectivity index (χ1) is 14.1.